The van der Waals surface area contributed by atoms with E-state index in [-0.39, 0.29) is 25.7 Å². The Morgan fingerprint density at radius 3 is 2.22 bits per heavy atom. The van der Waals surface area contributed by atoms with Crippen LogP contribution in [-0.2, 0) is 9.59 Å². The zero-order chi connectivity index (χ0) is 14.2. The van der Waals surface area contributed by atoms with Crippen LogP contribution in [0.2, 0.25) is 0 Å². The molecule has 0 aromatic carbocycles. The molecule has 6 heteroatoms. The van der Waals surface area contributed by atoms with Gasteiger partial charge in [0.1, 0.15) is 6.04 Å². The molecular weight excluding hydrogens is 236 g/mol. The van der Waals surface area contributed by atoms with Crippen molar-refractivity contribution >= 4 is 11.9 Å². The summed E-state index contributed by atoms with van der Waals surface area (Å²) in [6.45, 7) is 0. The Hall–Kier alpha value is -2.02. The minimum atomic E-state index is -1.87. The maximum absolute atomic E-state index is 11.1. The van der Waals surface area contributed by atoms with Gasteiger partial charge in [-0.05, 0) is 6.42 Å². The molecule has 0 unspecified atom stereocenters. The van der Waals surface area contributed by atoms with Crippen LogP contribution in [0.15, 0.2) is 0 Å². The number of terminal acetylenes is 2. The van der Waals surface area contributed by atoms with Crippen molar-refractivity contribution in [2.75, 3.05) is 0 Å². The van der Waals surface area contributed by atoms with Crippen LogP contribution in [0.3, 0.4) is 0 Å². The summed E-state index contributed by atoms with van der Waals surface area (Å²) in [6.07, 6.45) is 10.4. The van der Waals surface area contributed by atoms with Gasteiger partial charge in [-0.15, -0.1) is 24.7 Å². The van der Waals surface area contributed by atoms with Crippen LogP contribution in [0, 0.1) is 24.7 Å². The largest absolute Gasteiger partial charge is 0.480 e. The zero-order valence-electron chi connectivity index (χ0n) is 9.85. The number of nitrogens with one attached hydrogen (secondary N) is 1. The Labute approximate surface area is 106 Å². The quantitative estimate of drug-likeness (QED) is 0.345. The van der Waals surface area contributed by atoms with Crippen LogP contribution >= 0.6 is 0 Å². The first kappa shape index (κ1) is 16.0. The minimum absolute atomic E-state index is 0.0708. The summed E-state index contributed by atoms with van der Waals surface area (Å²) in [6, 6.07) is -1.13. The fraction of sp³-hybridized carbons (Fsp3) is 0.500. The lowest BCUT2D eigenvalue weighted by molar-refractivity contribution is -0.147. The molecule has 0 aliphatic rings. The van der Waals surface area contributed by atoms with Gasteiger partial charge in [0.25, 0.3) is 0 Å². The molecule has 5 N–H and O–H groups in total. The van der Waals surface area contributed by atoms with Gasteiger partial charge in [-0.3, -0.25) is 10.1 Å². The fourth-order valence-corrected chi connectivity index (χ4v) is 1.31. The van der Waals surface area contributed by atoms with Crippen LogP contribution in [0.4, 0.5) is 0 Å². The van der Waals surface area contributed by atoms with E-state index in [1.54, 1.807) is 0 Å². The fourth-order valence-electron chi connectivity index (χ4n) is 1.31. The number of carboxylic acids is 2. The van der Waals surface area contributed by atoms with E-state index in [1.807, 2.05) is 0 Å². The molecule has 0 amide bonds. The monoisotopic (exact) mass is 252 g/mol. The number of rotatable bonds is 8. The number of hydrogen-bond donors (Lipinski definition) is 4. The number of nitrogens with two attached hydrogens (primary N) is 1. The van der Waals surface area contributed by atoms with E-state index in [0.717, 1.165) is 0 Å². The van der Waals surface area contributed by atoms with Gasteiger partial charge >= 0.3 is 11.9 Å². The Morgan fingerprint density at radius 2 is 1.83 bits per heavy atom. The smallest absolute Gasteiger partial charge is 0.338 e. The van der Waals surface area contributed by atoms with Gasteiger partial charge < -0.3 is 15.9 Å². The van der Waals surface area contributed by atoms with Crippen molar-refractivity contribution in [1.29, 1.82) is 0 Å². The Balaban J connectivity index is 4.82. The van der Waals surface area contributed by atoms with Gasteiger partial charge in [-0.25, -0.2) is 4.79 Å². The van der Waals surface area contributed by atoms with Crippen LogP contribution in [-0.4, -0.2) is 33.9 Å². The second kappa shape index (κ2) is 7.33. The van der Waals surface area contributed by atoms with E-state index in [4.69, 9.17) is 28.8 Å². The molecule has 0 aromatic rings. The Morgan fingerprint density at radius 1 is 1.28 bits per heavy atom. The molecule has 0 spiro atoms. The average molecular weight is 252 g/mol. The molecule has 18 heavy (non-hydrogen) atoms. The molecule has 0 heterocycles. The zero-order valence-corrected chi connectivity index (χ0v) is 9.85. The van der Waals surface area contributed by atoms with E-state index in [2.05, 4.69) is 17.2 Å². The molecule has 0 aromatic heterocycles. The predicted octanol–water partition coefficient (Wildman–Crippen LogP) is -0.404. The molecule has 0 bridgehead atoms. The van der Waals surface area contributed by atoms with E-state index in [1.165, 1.54) is 0 Å². The molecule has 6 nitrogen and oxygen atoms in total. The normalized spacial score (nSPS) is 14.8. The molecule has 0 saturated heterocycles. The first-order valence-corrected chi connectivity index (χ1v) is 5.27. The topological polar surface area (TPSA) is 113 Å². The molecule has 0 radical (unpaired) electrons. The first-order chi connectivity index (χ1) is 8.37. The van der Waals surface area contributed by atoms with Crippen molar-refractivity contribution in [3.8, 4) is 24.7 Å². The number of carbonyl (C=O) groups is 2. The Bertz CT molecular complexity index is 394. The van der Waals surface area contributed by atoms with Gasteiger partial charge in [0.05, 0.1) is 0 Å². The van der Waals surface area contributed by atoms with Gasteiger partial charge in [-0.2, -0.15) is 0 Å². The lowest BCUT2D eigenvalue weighted by Crippen LogP contribution is -2.64. The average Bonchev–Trinajstić information content (AvgIpc) is 2.31. The van der Waals surface area contributed by atoms with Crippen molar-refractivity contribution in [3.05, 3.63) is 0 Å². The molecule has 0 saturated carbocycles. The van der Waals surface area contributed by atoms with Crippen LogP contribution in [0.25, 0.3) is 0 Å². The number of carboxylic acid groups (broad SMARTS) is 2. The highest BCUT2D eigenvalue weighted by molar-refractivity contribution is 5.80. The Kier molecular flexibility index (Phi) is 6.51. The van der Waals surface area contributed by atoms with Gasteiger partial charge in [-0.1, -0.05) is 0 Å². The van der Waals surface area contributed by atoms with Crippen molar-refractivity contribution in [1.82, 2.24) is 5.32 Å². The maximum Gasteiger partial charge on any atom is 0.338 e. The highest BCUT2D eigenvalue weighted by atomic mass is 16.4. The van der Waals surface area contributed by atoms with E-state index in [0.29, 0.717) is 0 Å². The molecule has 0 fully saturated rings. The third-order valence-corrected chi connectivity index (χ3v) is 2.35. The third kappa shape index (κ3) is 4.88. The standard InChI is InChI=1S/C12H16N2O4/c1-3-5-7-9(10(15)16)14-12(13,11(17)18)8-6-4-2/h1-2,9,14H,5-8,13H2,(H,15,16)(H,17,18)/t9-,12-/m0/s1. The van der Waals surface area contributed by atoms with E-state index in [9.17, 15) is 9.59 Å². The summed E-state index contributed by atoms with van der Waals surface area (Å²) in [5, 5.41) is 20.4. The summed E-state index contributed by atoms with van der Waals surface area (Å²) >= 11 is 0. The maximum atomic E-state index is 11.1. The van der Waals surface area contributed by atoms with Gasteiger partial charge in [0, 0.05) is 19.3 Å². The molecule has 0 aliphatic carbocycles. The van der Waals surface area contributed by atoms with Crippen molar-refractivity contribution < 1.29 is 19.8 Å². The summed E-state index contributed by atoms with van der Waals surface area (Å²) in [5.74, 6) is 1.98. The third-order valence-electron chi connectivity index (χ3n) is 2.35. The molecule has 2 atom stereocenters. The lowest BCUT2D eigenvalue weighted by Gasteiger charge is -2.28. The van der Waals surface area contributed by atoms with Crippen LogP contribution in [0.1, 0.15) is 25.7 Å². The summed E-state index contributed by atoms with van der Waals surface area (Å²) in [4.78, 5) is 22.0. The summed E-state index contributed by atoms with van der Waals surface area (Å²) in [5.41, 5.74) is 3.75. The van der Waals surface area contributed by atoms with Crippen molar-refractivity contribution in [2.45, 2.75) is 37.4 Å². The lowest BCUT2D eigenvalue weighted by atomic mass is 10.0. The highest BCUT2D eigenvalue weighted by Gasteiger charge is 2.37. The van der Waals surface area contributed by atoms with E-state index >= 15 is 0 Å². The minimum Gasteiger partial charge on any atom is -0.480 e. The molecule has 98 valence electrons. The van der Waals surface area contributed by atoms with Crippen LogP contribution in [0.5, 0.6) is 0 Å². The second-order valence-electron chi connectivity index (χ2n) is 3.76. The molecule has 0 aliphatic heterocycles. The highest BCUT2D eigenvalue weighted by Crippen LogP contribution is 2.10. The summed E-state index contributed by atoms with van der Waals surface area (Å²) < 4.78 is 0. The first-order valence-electron chi connectivity index (χ1n) is 5.27. The number of hydrogen-bond acceptors (Lipinski definition) is 4. The van der Waals surface area contributed by atoms with Gasteiger partial charge in [0.15, 0.2) is 5.66 Å². The summed E-state index contributed by atoms with van der Waals surface area (Å²) in [7, 11) is 0. The molecular formula is C12H16N2O4. The van der Waals surface area contributed by atoms with Gasteiger partial charge in [0.2, 0.25) is 0 Å². The number of aliphatic carboxylic acids is 2. The van der Waals surface area contributed by atoms with Crippen molar-refractivity contribution in [2.24, 2.45) is 5.73 Å². The SMILES string of the molecule is C#CCC[C@H](N[C@@](N)(CCC#C)C(=O)O)C(=O)O. The second-order valence-corrected chi connectivity index (χ2v) is 3.76. The molecule has 0 rings (SSSR count). The predicted molar refractivity (Wildman–Crippen MR) is 65.2 cm³/mol. The van der Waals surface area contributed by atoms with Crippen molar-refractivity contribution in [3.63, 3.8) is 0 Å². The van der Waals surface area contributed by atoms with E-state index < -0.39 is 23.6 Å². The van der Waals surface area contributed by atoms with Crippen LogP contribution < -0.4 is 11.1 Å².